The molecule has 1 fully saturated rings. The predicted octanol–water partition coefficient (Wildman–Crippen LogP) is 2.91. The average molecular weight is 400 g/mol. The number of carbonyl (C=O) groups excluding carboxylic acids is 2. The smallest absolute Gasteiger partial charge is 0.260 e. The topological polar surface area (TPSA) is 53.1 Å². The van der Waals surface area contributed by atoms with Crippen LogP contribution in [0.4, 0.5) is 11.4 Å². The minimum atomic E-state index is -0.164. The normalized spacial score (nSPS) is 17.8. The van der Waals surface area contributed by atoms with E-state index in [-0.39, 0.29) is 11.8 Å². The molecule has 0 saturated carbocycles. The Kier molecular flexibility index (Phi) is 5.35. The van der Waals surface area contributed by atoms with Crippen LogP contribution in [-0.4, -0.2) is 63.2 Å². The molecule has 6 nitrogen and oxygen atoms in total. The maximum Gasteiger partial charge on any atom is 0.260 e. The van der Waals surface area contributed by atoms with E-state index in [1.54, 1.807) is 42.3 Å². The van der Waals surface area contributed by atoms with Crippen LogP contribution in [-0.2, 0) is 4.74 Å². The third kappa shape index (κ3) is 3.51. The molecule has 4 rings (SSSR count). The van der Waals surface area contributed by atoms with E-state index in [1.165, 1.54) is 4.90 Å². The van der Waals surface area contributed by atoms with Gasteiger partial charge in [-0.05, 0) is 30.3 Å². The van der Waals surface area contributed by atoms with Crippen molar-refractivity contribution in [3.05, 3.63) is 58.6 Å². The first-order valence-electron chi connectivity index (χ1n) is 9.35. The summed E-state index contributed by atoms with van der Waals surface area (Å²) < 4.78 is 5.40. The van der Waals surface area contributed by atoms with Gasteiger partial charge in [0.05, 0.1) is 35.7 Å². The summed E-state index contributed by atoms with van der Waals surface area (Å²) in [6.07, 6.45) is 0. The molecule has 0 atom stereocenters. The van der Waals surface area contributed by atoms with Gasteiger partial charge in [0.15, 0.2) is 0 Å². The zero-order chi connectivity index (χ0) is 19.7. The fourth-order valence-electron chi connectivity index (χ4n) is 3.69. The minimum Gasteiger partial charge on any atom is -0.379 e. The number of nitrogens with zero attached hydrogens (tertiary/aromatic N) is 3. The van der Waals surface area contributed by atoms with Gasteiger partial charge in [0, 0.05) is 38.2 Å². The molecule has 146 valence electrons. The summed E-state index contributed by atoms with van der Waals surface area (Å²) in [5, 5.41) is 0.493. The third-order valence-electron chi connectivity index (χ3n) is 5.27. The highest BCUT2D eigenvalue weighted by Gasteiger charge is 2.31. The first-order chi connectivity index (χ1) is 13.6. The number of amides is 2. The predicted molar refractivity (Wildman–Crippen MR) is 110 cm³/mol. The Morgan fingerprint density at radius 3 is 2.43 bits per heavy atom. The molecule has 2 aromatic rings. The van der Waals surface area contributed by atoms with Gasteiger partial charge in [-0.15, -0.1) is 0 Å². The molecule has 0 radical (unpaired) electrons. The van der Waals surface area contributed by atoms with E-state index in [1.807, 2.05) is 12.1 Å². The molecule has 0 N–H and O–H groups in total. The first-order valence-corrected chi connectivity index (χ1v) is 9.72. The summed E-state index contributed by atoms with van der Waals surface area (Å²) in [7, 11) is 1.69. The van der Waals surface area contributed by atoms with E-state index in [0.717, 1.165) is 13.1 Å². The van der Waals surface area contributed by atoms with Crippen LogP contribution in [0.3, 0.4) is 0 Å². The highest BCUT2D eigenvalue weighted by Crippen LogP contribution is 2.33. The number of hydrogen-bond donors (Lipinski definition) is 0. The van der Waals surface area contributed by atoms with E-state index >= 15 is 0 Å². The van der Waals surface area contributed by atoms with E-state index in [0.29, 0.717) is 53.8 Å². The van der Waals surface area contributed by atoms with Gasteiger partial charge < -0.3 is 14.5 Å². The lowest BCUT2D eigenvalue weighted by molar-refractivity contribution is 0.0391. The second-order valence-corrected chi connectivity index (χ2v) is 7.39. The molecular weight excluding hydrogens is 378 g/mol. The first kappa shape index (κ1) is 18.9. The molecule has 0 aliphatic carbocycles. The number of hydrogen-bond acceptors (Lipinski definition) is 4. The molecule has 7 heteroatoms. The Bertz CT molecular complexity index is 912. The Balaban J connectivity index is 1.76. The maximum atomic E-state index is 13.5. The molecule has 0 unspecified atom stereocenters. The van der Waals surface area contributed by atoms with Crippen LogP contribution in [0, 0.1) is 0 Å². The Morgan fingerprint density at radius 1 is 0.929 bits per heavy atom. The summed E-state index contributed by atoms with van der Waals surface area (Å²) in [6, 6.07) is 12.3. The number of fused-ring (bicyclic) bond motifs is 2. The van der Waals surface area contributed by atoms with E-state index in [4.69, 9.17) is 16.3 Å². The summed E-state index contributed by atoms with van der Waals surface area (Å²) in [4.78, 5) is 32.1. The number of halogens is 1. The lowest BCUT2D eigenvalue weighted by Crippen LogP contribution is -2.45. The van der Waals surface area contributed by atoms with Crippen molar-refractivity contribution in [1.82, 2.24) is 4.90 Å². The van der Waals surface area contributed by atoms with Crippen LogP contribution in [0.25, 0.3) is 0 Å². The standard InChI is InChI=1S/C21H22ClN3O3/c1-23-18-5-3-2-4-16(18)21(27)25(9-8-24-10-12-28-13-11-24)19-14-15(22)6-7-17(19)20(23)26/h2-7,14H,8-13H2,1H3. The lowest BCUT2D eigenvalue weighted by atomic mass is 10.0. The summed E-state index contributed by atoms with van der Waals surface area (Å²) in [5.74, 6) is -0.297. The van der Waals surface area contributed by atoms with Gasteiger partial charge in [-0.3, -0.25) is 14.5 Å². The fourth-order valence-corrected chi connectivity index (χ4v) is 3.86. The molecule has 2 aromatic carbocycles. The van der Waals surface area contributed by atoms with E-state index in [2.05, 4.69) is 4.90 Å². The van der Waals surface area contributed by atoms with E-state index < -0.39 is 0 Å². The number of rotatable bonds is 3. The number of ether oxygens (including phenoxy) is 1. The second-order valence-electron chi connectivity index (χ2n) is 6.95. The molecule has 2 aliphatic heterocycles. The maximum absolute atomic E-state index is 13.5. The zero-order valence-corrected chi connectivity index (χ0v) is 16.5. The van der Waals surface area contributed by atoms with Crippen LogP contribution in [0.2, 0.25) is 5.02 Å². The van der Waals surface area contributed by atoms with Crippen molar-refractivity contribution in [2.24, 2.45) is 0 Å². The largest absolute Gasteiger partial charge is 0.379 e. The van der Waals surface area contributed by atoms with Crippen molar-refractivity contribution >= 4 is 34.8 Å². The number of benzene rings is 2. The third-order valence-corrected chi connectivity index (χ3v) is 5.51. The number of anilines is 2. The van der Waals surface area contributed by atoms with Gasteiger partial charge >= 0.3 is 0 Å². The van der Waals surface area contributed by atoms with Crippen molar-refractivity contribution < 1.29 is 14.3 Å². The highest BCUT2D eigenvalue weighted by molar-refractivity contribution is 6.31. The van der Waals surface area contributed by atoms with Crippen LogP contribution < -0.4 is 9.80 Å². The van der Waals surface area contributed by atoms with Crippen molar-refractivity contribution in [2.45, 2.75) is 0 Å². The molecule has 2 heterocycles. The van der Waals surface area contributed by atoms with Gasteiger partial charge in [-0.2, -0.15) is 0 Å². The fraction of sp³-hybridized carbons (Fsp3) is 0.333. The molecule has 0 aromatic heterocycles. The molecule has 2 amide bonds. The van der Waals surface area contributed by atoms with Crippen LogP contribution in [0.1, 0.15) is 20.7 Å². The van der Waals surface area contributed by atoms with Crippen LogP contribution in [0.15, 0.2) is 42.5 Å². The SMILES string of the molecule is CN1C(=O)c2ccc(Cl)cc2N(CCN2CCOCC2)C(=O)c2ccccc21. The van der Waals surface area contributed by atoms with Crippen molar-refractivity contribution in [3.63, 3.8) is 0 Å². The van der Waals surface area contributed by atoms with Crippen molar-refractivity contribution in [1.29, 1.82) is 0 Å². The van der Waals surface area contributed by atoms with E-state index in [9.17, 15) is 9.59 Å². The molecule has 1 saturated heterocycles. The number of morpholine rings is 1. The van der Waals surface area contributed by atoms with Crippen molar-refractivity contribution in [3.8, 4) is 0 Å². The van der Waals surface area contributed by atoms with Crippen LogP contribution >= 0.6 is 11.6 Å². The number of para-hydroxylation sites is 1. The molecule has 0 bridgehead atoms. The minimum absolute atomic E-state index is 0.133. The monoisotopic (exact) mass is 399 g/mol. The number of carbonyl (C=O) groups is 2. The Labute approximate surface area is 169 Å². The van der Waals surface area contributed by atoms with Gasteiger partial charge in [-0.25, -0.2) is 0 Å². The molecule has 28 heavy (non-hydrogen) atoms. The van der Waals surface area contributed by atoms with Gasteiger partial charge in [0.25, 0.3) is 11.8 Å². The summed E-state index contributed by atoms with van der Waals surface area (Å²) >= 11 is 6.23. The zero-order valence-electron chi connectivity index (χ0n) is 15.7. The molecular formula is C21H22ClN3O3. The highest BCUT2D eigenvalue weighted by atomic mass is 35.5. The quantitative estimate of drug-likeness (QED) is 0.796. The summed E-state index contributed by atoms with van der Waals surface area (Å²) in [5.41, 5.74) is 2.13. The molecule has 0 spiro atoms. The van der Waals surface area contributed by atoms with Crippen molar-refractivity contribution in [2.75, 3.05) is 56.2 Å². The van der Waals surface area contributed by atoms with Gasteiger partial charge in [0.1, 0.15) is 0 Å². The Hall–Kier alpha value is -2.41. The average Bonchev–Trinajstić information content (AvgIpc) is 2.73. The summed E-state index contributed by atoms with van der Waals surface area (Å²) in [6.45, 7) is 4.24. The second kappa shape index (κ2) is 7.91. The van der Waals surface area contributed by atoms with Crippen LogP contribution in [0.5, 0.6) is 0 Å². The van der Waals surface area contributed by atoms with Gasteiger partial charge in [0.2, 0.25) is 0 Å². The Morgan fingerprint density at radius 2 is 1.64 bits per heavy atom. The lowest BCUT2D eigenvalue weighted by Gasteiger charge is -2.34. The molecule has 2 aliphatic rings. The van der Waals surface area contributed by atoms with Gasteiger partial charge in [-0.1, -0.05) is 23.7 Å².